The molecule has 1 N–H and O–H groups in total. The van der Waals surface area contributed by atoms with Crippen LogP contribution < -0.4 is 14.4 Å². The van der Waals surface area contributed by atoms with E-state index in [4.69, 9.17) is 16.3 Å². The van der Waals surface area contributed by atoms with E-state index < -0.39 is 28.5 Å². The van der Waals surface area contributed by atoms with Gasteiger partial charge in [0.1, 0.15) is 24.9 Å². The predicted octanol–water partition coefficient (Wildman–Crippen LogP) is 5.02. The van der Waals surface area contributed by atoms with E-state index in [1.165, 1.54) is 4.90 Å². The Bertz CT molecular complexity index is 1380. The van der Waals surface area contributed by atoms with Gasteiger partial charge in [0.2, 0.25) is 21.8 Å². The number of carbonyl (C=O) groups is 2. The minimum atomic E-state index is -3.85. The summed E-state index contributed by atoms with van der Waals surface area (Å²) >= 11 is 6.38. The van der Waals surface area contributed by atoms with Crippen molar-refractivity contribution >= 4 is 39.1 Å². The van der Waals surface area contributed by atoms with Crippen LogP contribution in [0.1, 0.15) is 38.3 Å². The van der Waals surface area contributed by atoms with Crippen molar-refractivity contribution in [1.29, 1.82) is 0 Å². The zero-order valence-electron chi connectivity index (χ0n) is 23.2. The van der Waals surface area contributed by atoms with Gasteiger partial charge in [0.15, 0.2) is 0 Å². The summed E-state index contributed by atoms with van der Waals surface area (Å²) in [4.78, 5) is 28.3. The molecule has 1 atom stereocenters. The normalized spacial score (nSPS) is 12.1. The van der Waals surface area contributed by atoms with Gasteiger partial charge in [-0.1, -0.05) is 67.1 Å². The molecule has 214 valence electrons. The van der Waals surface area contributed by atoms with Crippen LogP contribution in [0.15, 0.2) is 78.9 Å². The maximum Gasteiger partial charge on any atom is 0.244 e. The molecule has 0 saturated heterocycles. The van der Waals surface area contributed by atoms with Gasteiger partial charge < -0.3 is 15.0 Å². The van der Waals surface area contributed by atoms with Gasteiger partial charge in [-0.2, -0.15) is 0 Å². The van der Waals surface area contributed by atoms with Crippen LogP contribution in [0.25, 0.3) is 0 Å². The molecule has 2 amide bonds. The molecule has 8 nitrogen and oxygen atoms in total. The number of rotatable bonds is 13. The zero-order valence-corrected chi connectivity index (χ0v) is 24.8. The molecule has 0 bridgehead atoms. The number of anilines is 1. The highest BCUT2D eigenvalue weighted by Crippen LogP contribution is 2.24. The van der Waals surface area contributed by atoms with E-state index in [-0.39, 0.29) is 18.5 Å². The van der Waals surface area contributed by atoms with Crippen LogP contribution in [0.4, 0.5) is 5.69 Å². The lowest BCUT2D eigenvalue weighted by molar-refractivity contribution is -0.140. The monoisotopic (exact) mass is 585 g/mol. The first-order valence-electron chi connectivity index (χ1n) is 13.1. The number of halogens is 1. The molecule has 10 heteroatoms. The van der Waals surface area contributed by atoms with E-state index in [0.717, 1.165) is 16.1 Å². The number of carbonyl (C=O) groups excluding carboxylic acids is 2. The van der Waals surface area contributed by atoms with Gasteiger partial charge in [0, 0.05) is 17.6 Å². The summed E-state index contributed by atoms with van der Waals surface area (Å²) in [5.74, 6) is -0.284. The molecule has 3 aromatic carbocycles. The smallest absolute Gasteiger partial charge is 0.244 e. The molecular weight excluding hydrogens is 550 g/mol. The summed E-state index contributed by atoms with van der Waals surface area (Å²) in [5.41, 5.74) is 1.96. The van der Waals surface area contributed by atoms with Crippen molar-refractivity contribution in [3.63, 3.8) is 0 Å². The summed E-state index contributed by atoms with van der Waals surface area (Å²) in [6, 6.07) is 22.3. The molecule has 1 unspecified atom stereocenters. The highest BCUT2D eigenvalue weighted by Gasteiger charge is 2.32. The van der Waals surface area contributed by atoms with E-state index in [2.05, 4.69) is 5.32 Å². The van der Waals surface area contributed by atoms with Crippen LogP contribution >= 0.6 is 11.6 Å². The van der Waals surface area contributed by atoms with Gasteiger partial charge in [0.05, 0.1) is 11.9 Å². The van der Waals surface area contributed by atoms with Crippen LogP contribution in [-0.4, -0.2) is 50.0 Å². The van der Waals surface area contributed by atoms with Gasteiger partial charge in [-0.15, -0.1) is 0 Å². The van der Waals surface area contributed by atoms with Crippen molar-refractivity contribution in [2.45, 2.75) is 52.4 Å². The van der Waals surface area contributed by atoms with Crippen molar-refractivity contribution in [2.24, 2.45) is 0 Å². The minimum Gasteiger partial charge on any atom is -0.489 e. The molecule has 0 aromatic heterocycles. The molecule has 0 saturated carbocycles. The largest absolute Gasteiger partial charge is 0.489 e. The summed E-state index contributed by atoms with van der Waals surface area (Å²) < 4.78 is 32.5. The van der Waals surface area contributed by atoms with E-state index in [1.54, 1.807) is 55.5 Å². The fourth-order valence-corrected chi connectivity index (χ4v) is 5.22. The SMILES string of the molecule is CCC(C(=O)NC(C)C)N(Cc1ccccc1Cl)C(=O)CN(c1ccc(OCc2ccccc2)cc1)S(C)(=O)=O. The highest BCUT2D eigenvalue weighted by molar-refractivity contribution is 7.92. The molecule has 0 aliphatic heterocycles. The number of hydrogen-bond acceptors (Lipinski definition) is 5. The number of hydrogen-bond donors (Lipinski definition) is 1. The fraction of sp³-hybridized carbons (Fsp3) is 0.333. The Morgan fingerprint density at radius 3 is 2.15 bits per heavy atom. The van der Waals surface area contributed by atoms with Crippen molar-refractivity contribution in [3.8, 4) is 5.75 Å². The van der Waals surface area contributed by atoms with Crippen LogP contribution in [-0.2, 0) is 32.8 Å². The Morgan fingerprint density at radius 1 is 0.950 bits per heavy atom. The highest BCUT2D eigenvalue weighted by atomic mass is 35.5. The molecule has 0 radical (unpaired) electrons. The van der Waals surface area contributed by atoms with Crippen LogP contribution in [0.2, 0.25) is 5.02 Å². The maximum atomic E-state index is 13.8. The third kappa shape index (κ3) is 8.72. The minimum absolute atomic E-state index is 0.0480. The summed E-state index contributed by atoms with van der Waals surface area (Å²) in [6.45, 7) is 5.40. The average Bonchev–Trinajstić information content (AvgIpc) is 2.91. The topological polar surface area (TPSA) is 96.0 Å². The van der Waals surface area contributed by atoms with E-state index in [1.807, 2.05) is 44.2 Å². The third-order valence-corrected chi connectivity index (χ3v) is 7.68. The fourth-order valence-electron chi connectivity index (χ4n) is 4.17. The maximum absolute atomic E-state index is 13.8. The van der Waals surface area contributed by atoms with E-state index >= 15 is 0 Å². The molecular formula is C30H36ClN3O5S. The molecule has 0 spiro atoms. The summed E-state index contributed by atoms with van der Waals surface area (Å²) in [6.07, 6.45) is 1.38. The zero-order chi connectivity index (χ0) is 29.3. The predicted molar refractivity (Wildman–Crippen MR) is 159 cm³/mol. The third-order valence-electron chi connectivity index (χ3n) is 6.17. The second-order valence-corrected chi connectivity index (χ2v) is 12.1. The lowest BCUT2D eigenvalue weighted by Gasteiger charge is -2.33. The number of ether oxygens (including phenoxy) is 1. The van der Waals surface area contributed by atoms with Gasteiger partial charge in [-0.25, -0.2) is 8.42 Å². The van der Waals surface area contributed by atoms with Crippen LogP contribution in [0, 0.1) is 0 Å². The van der Waals surface area contributed by atoms with Crippen molar-refractivity contribution in [3.05, 3.63) is 95.0 Å². The molecule has 0 aliphatic carbocycles. The van der Waals surface area contributed by atoms with Gasteiger partial charge >= 0.3 is 0 Å². The molecule has 0 heterocycles. The van der Waals surface area contributed by atoms with Crippen LogP contribution in [0.3, 0.4) is 0 Å². The molecule has 3 aromatic rings. The van der Waals surface area contributed by atoms with Gasteiger partial charge in [0.25, 0.3) is 0 Å². The Labute approximate surface area is 241 Å². The standard InChI is InChI=1S/C30H36ClN3O5S/c1-5-28(30(36)32-22(2)3)33(19-24-13-9-10-14-27(24)31)29(35)20-34(40(4,37)38)25-15-17-26(18-16-25)39-21-23-11-7-6-8-12-23/h6-18,22,28H,5,19-21H2,1-4H3,(H,32,36). The second kappa shape index (κ2) is 14.2. The van der Waals surface area contributed by atoms with Crippen LogP contribution in [0.5, 0.6) is 5.75 Å². The Kier molecular flexibility index (Phi) is 11.0. The first kappa shape index (κ1) is 31.0. The van der Waals surface area contributed by atoms with E-state index in [0.29, 0.717) is 35.1 Å². The second-order valence-electron chi connectivity index (χ2n) is 9.74. The molecule has 0 aliphatic rings. The summed E-state index contributed by atoms with van der Waals surface area (Å²) in [5, 5.41) is 3.31. The van der Waals surface area contributed by atoms with Crippen molar-refractivity contribution < 1.29 is 22.7 Å². The molecule has 40 heavy (non-hydrogen) atoms. The number of nitrogens with one attached hydrogen (secondary N) is 1. The Morgan fingerprint density at radius 2 is 1.57 bits per heavy atom. The number of sulfonamides is 1. The molecule has 0 fully saturated rings. The first-order valence-corrected chi connectivity index (χ1v) is 15.3. The lowest BCUT2D eigenvalue weighted by Crippen LogP contribution is -2.53. The average molecular weight is 586 g/mol. The molecule has 3 rings (SSSR count). The van der Waals surface area contributed by atoms with Gasteiger partial charge in [-0.05, 0) is 61.7 Å². The Balaban J connectivity index is 1.86. The summed E-state index contributed by atoms with van der Waals surface area (Å²) in [7, 11) is -3.85. The quantitative estimate of drug-likeness (QED) is 0.304. The number of benzene rings is 3. The van der Waals surface area contributed by atoms with E-state index in [9.17, 15) is 18.0 Å². The van der Waals surface area contributed by atoms with Gasteiger partial charge in [-0.3, -0.25) is 13.9 Å². The van der Waals surface area contributed by atoms with Crippen molar-refractivity contribution in [1.82, 2.24) is 10.2 Å². The first-order chi connectivity index (χ1) is 19.0. The lowest BCUT2D eigenvalue weighted by atomic mass is 10.1. The number of nitrogens with zero attached hydrogens (tertiary/aromatic N) is 2. The van der Waals surface area contributed by atoms with Crippen molar-refractivity contribution in [2.75, 3.05) is 17.1 Å². The Hall–Kier alpha value is -3.56. The number of amides is 2.